The van der Waals surface area contributed by atoms with Crippen molar-refractivity contribution in [3.8, 4) is 0 Å². The van der Waals surface area contributed by atoms with Crippen LogP contribution in [-0.2, 0) is 11.2 Å². The Morgan fingerprint density at radius 1 is 1.17 bits per heavy atom. The molecule has 0 heterocycles. The minimum absolute atomic E-state index is 0.126. The molecular weight excluding hydrogens is 246 g/mol. The van der Waals surface area contributed by atoms with Crippen molar-refractivity contribution in [3.05, 3.63) is 35.9 Å². The number of amides is 1. The molecule has 0 unspecified atom stereocenters. The first-order chi connectivity index (χ1) is 8.37. The molecule has 0 saturated carbocycles. The second-order valence-corrected chi connectivity index (χ2v) is 5.45. The van der Waals surface area contributed by atoms with Crippen LogP contribution in [0.3, 0.4) is 0 Å². The molecule has 0 aliphatic rings. The van der Waals surface area contributed by atoms with Crippen LogP contribution < -0.4 is 16.2 Å². The van der Waals surface area contributed by atoms with Gasteiger partial charge in [-0.15, -0.1) is 0 Å². The van der Waals surface area contributed by atoms with Gasteiger partial charge in [0.1, 0.15) is 0 Å². The van der Waals surface area contributed by atoms with E-state index in [4.69, 9.17) is 12.2 Å². The first-order valence-electron chi connectivity index (χ1n) is 5.78. The third-order valence-electron chi connectivity index (χ3n) is 2.01. The fraction of sp³-hybridized carbons (Fsp3) is 0.385. The summed E-state index contributed by atoms with van der Waals surface area (Å²) in [6.07, 6.45) is 0.325. The van der Waals surface area contributed by atoms with Crippen LogP contribution in [0.4, 0.5) is 0 Å². The van der Waals surface area contributed by atoms with E-state index >= 15 is 0 Å². The fourth-order valence-electron chi connectivity index (χ4n) is 1.32. The molecule has 0 aromatic heterocycles. The summed E-state index contributed by atoms with van der Waals surface area (Å²) in [5.41, 5.74) is 6.07. The summed E-state index contributed by atoms with van der Waals surface area (Å²) >= 11 is 5.05. The summed E-state index contributed by atoms with van der Waals surface area (Å²) in [7, 11) is 0. The highest BCUT2D eigenvalue weighted by Gasteiger charge is 2.11. The van der Waals surface area contributed by atoms with Crippen LogP contribution in [0.25, 0.3) is 0 Å². The largest absolute Gasteiger partial charge is 0.357 e. The third-order valence-corrected chi connectivity index (χ3v) is 2.22. The summed E-state index contributed by atoms with van der Waals surface area (Å²) in [4.78, 5) is 11.6. The number of hydrogen-bond acceptors (Lipinski definition) is 2. The average molecular weight is 265 g/mol. The van der Waals surface area contributed by atoms with Gasteiger partial charge in [0, 0.05) is 5.54 Å². The second kappa shape index (κ2) is 6.35. The molecule has 3 N–H and O–H groups in total. The fourth-order valence-corrected chi connectivity index (χ4v) is 1.68. The summed E-state index contributed by atoms with van der Waals surface area (Å²) < 4.78 is 0. The molecule has 0 aliphatic heterocycles. The Bertz CT molecular complexity index is 412. The van der Waals surface area contributed by atoms with E-state index in [-0.39, 0.29) is 11.4 Å². The van der Waals surface area contributed by atoms with E-state index in [1.807, 2.05) is 51.1 Å². The molecule has 0 atom stereocenters. The van der Waals surface area contributed by atoms with Gasteiger partial charge in [-0.3, -0.25) is 15.6 Å². The number of benzene rings is 1. The zero-order chi connectivity index (χ0) is 13.6. The topological polar surface area (TPSA) is 53.2 Å². The minimum Gasteiger partial charge on any atom is -0.357 e. The Balaban J connectivity index is 2.32. The number of rotatable bonds is 2. The molecule has 0 fully saturated rings. The smallest absolute Gasteiger partial charge is 0.242 e. The maximum absolute atomic E-state index is 11.6. The molecule has 98 valence electrons. The van der Waals surface area contributed by atoms with Crippen LogP contribution in [0.2, 0.25) is 0 Å². The third kappa shape index (κ3) is 6.20. The van der Waals surface area contributed by atoms with Gasteiger partial charge in [0.05, 0.1) is 6.42 Å². The van der Waals surface area contributed by atoms with Gasteiger partial charge in [0.25, 0.3) is 0 Å². The van der Waals surface area contributed by atoms with Crippen LogP contribution in [0.1, 0.15) is 26.3 Å². The van der Waals surface area contributed by atoms with Crippen LogP contribution in [-0.4, -0.2) is 16.6 Å². The van der Waals surface area contributed by atoms with Crippen molar-refractivity contribution in [1.82, 2.24) is 16.2 Å². The van der Waals surface area contributed by atoms with Gasteiger partial charge in [-0.2, -0.15) is 0 Å². The van der Waals surface area contributed by atoms with E-state index in [0.29, 0.717) is 11.5 Å². The predicted octanol–water partition coefficient (Wildman–Crippen LogP) is 1.52. The molecule has 4 nitrogen and oxygen atoms in total. The lowest BCUT2D eigenvalue weighted by molar-refractivity contribution is -0.121. The zero-order valence-corrected chi connectivity index (χ0v) is 11.7. The van der Waals surface area contributed by atoms with E-state index in [1.54, 1.807) is 0 Å². The number of carbonyl (C=O) groups excluding carboxylic acids is 1. The lowest BCUT2D eigenvalue weighted by atomic mass is 10.1. The van der Waals surface area contributed by atoms with Gasteiger partial charge in [-0.1, -0.05) is 30.3 Å². The summed E-state index contributed by atoms with van der Waals surface area (Å²) in [5, 5.41) is 3.45. The van der Waals surface area contributed by atoms with Gasteiger partial charge in [-0.25, -0.2) is 0 Å². The normalized spacial score (nSPS) is 10.6. The molecule has 0 spiro atoms. The van der Waals surface area contributed by atoms with Crippen molar-refractivity contribution in [2.45, 2.75) is 32.7 Å². The van der Waals surface area contributed by atoms with Gasteiger partial charge in [-0.05, 0) is 38.6 Å². The minimum atomic E-state index is -0.131. The Morgan fingerprint density at radius 2 is 1.78 bits per heavy atom. The number of thiocarbonyl (C=S) groups is 1. The first kappa shape index (κ1) is 14.4. The Kier molecular flexibility index (Phi) is 5.09. The number of carbonyl (C=O) groups is 1. The van der Waals surface area contributed by atoms with Crippen LogP contribution in [0.5, 0.6) is 0 Å². The maximum atomic E-state index is 11.6. The highest BCUT2D eigenvalue weighted by atomic mass is 32.1. The second-order valence-electron chi connectivity index (χ2n) is 5.04. The highest BCUT2D eigenvalue weighted by molar-refractivity contribution is 7.80. The molecule has 1 amide bonds. The molecule has 0 saturated heterocycles. The molecule has 1 rings (SSSR count). The van der Waals surface area contributed by atoms with E-state index < -0.39 is 0 Å². The zero-order valence-electron chi connectivity index (χ0n) is 10.9. The van der Waals surface area contributed by atoms with E-state index in [2.05, 4.69) is 16.2 Å². The van der Waals surface area contributed by atoms with Crippen LogP contribution in [0.15, 0.2) is 30.3 Å². The standard InChI is InChI=1S/C13H19N3OS/c1-13(2,3)14-12(18)16-15-11(17)9-10-7-5-4-6-8-10/h4-8H,9H2,1-3H3,(H,15,17)(H2,14,16,18). The van der Waals surface area contributed by atoms with Gasteiger partial charge in [0.2, 0.25) is 5.91 Å². The van der Waals surface area contributed by atoms with Gasteiger partial charge >= 0.3 is 0 Å². The van der Waals surface area contributed by atoms with Crippen LogP contribution >= 0.6 is 12.2 Å². The average Bonchev–Trinajstić information content (AvgIpc) is 2.25. The first-order valence-corrected chi connectivity index (χ1v) is 6.18. The van der Waals surface area contributed by atoms with Gasteiger partial charge in [0.15, 0.2) is 5.11 Å². The highest BCUT2D eigenvalue weighted by Crippen LogP contribution is 1.99. The molecule has 0 aliphatic carbocycles. The van der Waals surface area contributed by atoms with Crippen molar-refractivity contribution < 1.29 is 4.79 Å². The molecule has 1 aromatic carbocycles. The lowest BCUT2D eigenvalue weighted by Crippen LogP contribution is -2.52. The maximum Gasteiger partial charge on any atom is 0.242 e. The SMILES string of the molecule is CC(C)(C)NC(=S)NNC(=O)Cc1ccccc1. The Labute approximate surface area is 113 Å². The molecule has 18 heavy (non-hydrogen) atoms. The summed E-state index contributed by atoms with van der Waals surface area (Å²) in [6.45, 7) is 5.98. The van der Waals surface area contributed by atoms with Gasteiger partial charge < -0.3 is 5.32 Å². The van der Waals surface area contributed by atoms with Crippen molar-refractivity contribution >= 4 is 23.2 Å². The van der Waals surface area contributed by atoms with Crippen LogP contribution in [0, 0.1) is 0 Å². The van der Waals surface area contributed by atoms with Crippen molar-refractivity contribution in [2.75, 3.05) is 0 Å². The van der Waals surface area contributed by atoms with E-state index in [0.717, 1.165) is 5.56 Å². The van der Waals surface area contributed by atoms with E-state index in [9.17, 15) is 4.79 Å². The molecule has 1 aromatic rings. The quantitative estimate of drug-likeness (QED) is 0.560. The van der Waals surface area contributed by atoms with Crippen molar-refractivity contribution in [3.63, 3.8) is 0 Å². The Hall–Kier alpha value is -1.62. The summed E-state index contributed by atoms with van der Waals surface area (Å²) in [6, 6.07) is 9.54. The molecule has 5 heteroatoms. The van der Waals surface area contributed by atoms with Crippen molar-refractivity contribution in [2.24, 2.45) is 0 Å². The molecule has 0 bridgehead atoms. The Morgan fingerprint density at radius 3 is 2.33 bits per heavy atom. The summed E-state index contributed by atoms with van der Waals surface area (Å²) in [5.74, 6) is -0.126. The predicted molar refractivity (Wildman–Crippen MR) is 76.9 cm³/mol. The number of hydrogen-bond donors (Lipinski definition) is 3. The monoisotopic (exact) mass is 265 g/mol. The lowest BCUT2D eigenvalue weighted by Gasteiger charge is -2.23. The molecular formula is C13H19N3OS. The number of nitrogens with one attached hydrogen (secondary N) is 3. The molecule has 0 radical (unpaired) electrons. The van der Waals surface area contributed by atoms with Crippen molar-refractivity contribution in [1.29, 1.82) is 0 Å². The van der Waals surface area contributed by atoms with E-state index in [1.165, 1.54) is 0 Å². The number of hydrazine groups is 1.